The number of aliphatic hydroxyl groups is 1. The number of fused-ring (bicyclic) bond motifs is 2. The van der Waals surface area contributed by atoms with Crippen LogP contribution >= 0.6 is 0 Å². The molecule has 0 bridgehead atoms. The Morgan fingerprint density at radius 2 is 1.86 bits per heavy atom. The minimum atomic E-state index is -4.51. The Morgan fingerprint density at radius 3 is 2.43 bits per heavy atom. The van der Waals surface area contributed by atoms with Crippen molar-refractivity contribution in [3.8, 4) is 0 Å². The normalized spacial score (nSPS) is 34.0. The maximum atomic E-state index is 12.4. The van der Waals surface area contributed by atoms with Gasteiger partial charge < -0.3 is 9.84 Å². The molecule has 0 radical (unpaired) electrons. The van der Waals surface area contributed by atoms with Crippen molar-refractivity contribution in [2.45, 2.75) is 111 Å². The predicted molar refractivity (Wildman–Crippen MR) is 144 cm³/mol. The van der Waals surface area contributed by atoms with Gasteiger partial charge in [-0.15, -0.1) is 0 Å². The van der Waals surface area contributed by atoms with Crippen molar-refractivity contribution in [1.29, 1.82) is 0 Å². The molecule has 3 aliphatic carbocycles. The molecule has 37 heavy (non-hydrogen) atoms. The molecular weight excluding hydrogens is 492 g/mol. The van der Waals surface area contributed by atoms with E-state index in [9.17, 15) is 18.3 Å². The van der Waals surface area contributed by atoms with Crippen molar-refractivity contribution in [3.63, 3.8) is 0 Å². The summed E-state index contributed by atoms with van der Waals surface area (Å²) >= 11 is 0. The molecule has 210 valence electrons. The molecule has 3 aliphatic rings. The fraction of sp³-hybridized carbons (Fsp3) is 0.759. The van der Waals surface area contributed by atoms with Crippen molar-refractivity contribution in [3.05, 3.63) is 35.5 Å². The summed E-state index contributed by atoms with van der Waals surface area (Å²) in [6.45, 7) is 20.8. The maximum Gasteiger partial charge on any atom is 0.397 e. The van der Waals surface area contributed by atoms with Crippen LogP contribution in [0.4, 0.5) is 0 Å². The lowest BCUT2D eigenvalue weighted by Crippen LogP contribution is -2.55. The number of rotatable bonds is 9. The van der Waals surface area contributed by atoms with Crippen molar-refractivity contribution in [1.82, 2.24) is 0 Å². The number of hydrogen-bond donors (Lipinski definition) is 2. The summed E-state index contributed by atoms with van der Waals surface area (Å²) in [6, 6.07) is 0. The highest BCUT2D eigenvalue weighted by molar-refractivity contribution is 7.80. The fourth-order valence-corrected chi connectivity index (χ4v) is 7.72. The third kappa shape index (κ3) is 6.07. The van der Waals surface area contributed by atoms with Crippen LogP contribution in [-0.2, 0) is 24.1 Å². The van der Waals surface area contributed by atoms with Gasteiger partial charge in [-0.3, -0.25) is 9.35 Å². The Hall–Kier alpha value is -1.48. The molecule has 0 saturated heterocycles. The highest BCUT2D eigenvalue weighted by Gasteiger charge is 2.56. The van der Waals surface area contributed by atoms with Crippen LogP contribution in [0.25, 0.3) is 0 Å². The van der Waals surface area contributed by atoms with Crippen LogP contribution in [0.15, 0.2) is 35.5 Å². The van der Waals surface area contributed by atoms with Gasteiger partial charge >= 0.3 is 16.4 Å². The first-order valence-corrected chi connectivity index (χ1v) is 15.0. The van der Waals surface area contributed by atoms with Gasteiger partial charge in [-0.1, -0.05) is 53.3 Å². The Balaban J connectivity index is 1.93. The minimum Gasteiger partial charge on any atom is -0.454 e. The molecule has 0 aromatic carbocycles. The molecule has 1 fully saturated rings. The maximum absolute atomic E-state index is 12.4. The highest BCUT2D eigenvalue weighted by Crippen LogP contribution is 2.60. The van der Waals surface area contributed by atoms with Gasteiger partial charge in [-0.05, 0) is 84.8 Å². The van der Waals surface area contributed by atoms with Gasteiger partial charge in [0, 0.05) is 19.3 Å². The second kappa shape index (κ2) is 10.9. The summed E-state index contributed by atoms with van der Waals surface area (Å²) in [5.74, 6) is 0.288. The molecule has 1 saturated carbocycles. The topological polar surface area (TPSA) is 110 Å². The predicted octanol–water partition coefficient (Wildman–Crippen LogP) is 5.96. The average molecular weight is 539 g/mol. The van der Waals surface area contributed by atoms with Gasteiger partial charge in [0.05, 0.1) is 12.2 Å². The van der Waals surface area contributed by atoms with E-state index in [4.69, 9.17) is 13.5 Å². The lowest BCUT2D eigenvalue weighted by Gasteiger charge is -2.56. The van der Waals surface area contributed by atoms with Crippen molar-refractivity contribution < 1.29 is 31.8 Å². The molecule has 7 nitrogen and oxygen atoms in total. The lowest BCUT2D eigenvalue weighted by molar-refractivity contribution is -0.164. The van der Waals surface area contributed by atoms with Crippen LogP contribution in [0.3, 0.4) is 0 Å². The summed E-state index contributed by atoms with van der Waals surface area (Å²) < 4.78 is 42.8. The molecule has 0 aliphatic heterocycles. The van der Waals surface area contributed by atoms with Gasteiger partial charge in [0.2, 0.25) is 0 Å². The number of hydrogen-bond acceptors (Lipinski definition) is 6. The van der Waals surface area contributed by atoms with E-state index in [1.54, 1.807) is 0 Å². The third-order valence-corrected chi connectivity index (χ3v) is 10.2. The van der Waals surface area contributed by atoms with Crippen LogP contribution in [0.5, 0.6) is 0 Å². The second-order valence-electron chi connectivity index (χ2n) is 12.3. The van der Waals surface area contributed by atoms with Crippen LogP contribution in [0.1, 0.15) is 92.9 Å². The minimum absolute atomic E-state index is 0.0583. The first-order chi connectivity index (χ1) is 17.0. The van der Waals surface area contributed by atoms with Crippen molar-refractivity contribution >= 4 is 16.4 Å². The zero-order chi connectivity index (χ0) is 27.9. The molecule has 3 rings (SSSR count). The van der Waals surface area contributed by atoms with E-state index in [2.05, 4.69) is 47.8 Å². The third-order valence-electron chi connectivity index (χ3n) is 9.73. The van der Waals surface area contributed by atoms with Gasteiger partial charge in [-0.25, -0.2) is 4.18 Å². The number of aliphatic hydroxyl groups excluding tert-OH is 1. The Labute approximate surface area is 223 Å². The molecule has 0 heterocycles. The van der Waals surface area contributed by atoms with Gasteiger partial charge in [0.25, 0.3) is 0 Å². The second-order valence-corrected chi connectivity index (χ2v) is 13.3. The van der Waals surface area contributed by atoms with Crippen LogP contribution in [0, 0.1) is 29.1 Å². The van der Waals surface area contributed by atoms with E-state index in [-0.39, 0.29) is 35.6 Å². The van der Waals surface area contributed by atoms with Gasteiger partial charge in [0.1, 0.15) is 5.60 Å². The molecule has 0 spiro atoms. The van der Waals surface area contributed by atoms with E-state index in [0.717, 1.165) is 36.0 Å². The summed E-state index contributed by atoms with van der Waals surface area (Å²) in [5, 5.41) is 11.7. The molecule has 0 amide bonds. The molecule has 7 atom stereocenters. The number of allylic oxidation sites excluding steroid dienone is 1. The number of esters is 1. The molecular formula is C29H46O7S. The van der Waals surface area contributed by atoms with E-state index in [0.29, 0.717) is 31.6 Å². The van der Waals surface area contributed by atoms with Gasteiger partial charge in [0.15, 0.2) is 0 Å². The largest absolute Gasteiger partial charge is 0.454 e. The summed E-state index contributed by atoms with van der Waals surface area (Å²) in [4.78, 5) is 12.4. The zero-order valence-corrected chi connectivity index (χ0v) is 24.2. The van der Waals surface area contributed by atoms with Crippen molar-refractivity contribution in [2.24, 2.45) is 29.1 Å². The number of carbonyl (C=O) groups excluding carboxylic acids is 1. The van der Waals surface area contributed by atoms with Crippen LogP contribution in [-0.4, -0.2) is 41.9 Å². The van der Waals surface area contributed by atoms with Crippen LogP contribution < -0.4 is 0 Å². The average Bonchev–Trinajstić information content (AvgIpc) is 2.78. The van der Waals surface area contributed by atoms with E-state index in [1.807, 2.05) is 0 Å². The zero-order valence-electron chi connectivity index (χ0n) is 23.4. The summed E-state index contributed by atoms with van der Waals surface area (Å²) in [5.41, 5.74) is 2.61. The van der Waals surface area contributed by atoms with Crippen molar-refractivity contribution in [2.75, 3.05) is 0 Å². The van der Waals surface area contributed by atoms with E-state index >= 15 is 0 Å². The molecule has 0 aromatic rings. The number of carbonyl (C=O) groups is 1. The highest BCUT2D eigenvalue weighted by atomic mass is 32.3. The fourth-order valence-electron chi connectivity index (χ4n) is 7.20. The molecule has 0 aromatic heterocycles. The summed E-state index contributed by atoms with van der Waals surface area (Å²) in [6.07, 6.45) is 3.73. The molecule has 8 heteroatoms. The summed E-state index contributed by atoms with van der Waals surface area (Å²) in [7, 11) is -4.51. The molecule has 2 N–H and O–H groups in total. The Morgan fingerprint density at radius 1 is 1.22 bits per heavy atom. The SMILES string of the molecule is C=C(CC[C@H](C)C(C)[C@@]1(OC(C)=O)C[C@H](O)C2=C(CCC3C[C@@H](OS(=O)(=O)O)CC[C@]23C)C1=C)C(C)C. The quantitative estimate of drug-likeness (QED) is 0.212. The first-order valence-electron chi connectivity index (χ1n) is 13.7. The first kappa shape index (κ1) is 30.1. The smallest absolute Gasteiger partial charge is 0.397 e. The Kier molecular flexibility index (Phi) is 8.90. The van der Waals surface area contributed by atoms with E-state index in [1.165, 1.54) is 12.5 Å². The molecule has 2 unspecified atom stereocenters. The monoisotopic (exact) mass is 538 g/mol. The Bertz CT molecular complexity index is 1060. The van der Waals surface area contributed by atoms with Crippen LogP contribution in [0.2, 0.25) is 0 Å². The standard InChI is InChI=1S/C29H46O7S/c1-17(2)18(3)9-10-19(4)20(5)29(35-22(7)30)16-26(31)27-25(21(29)6)12-11-23-15-24(36-37(32,33)34)13-14-28(23,27)8/h17,19-20,23-24,26,31H,3,6,9-16H2,1-2,4-5,7-8H3,(H,32,33,34)/t19-,20?,23?,24-,26-,28-,29-/m0/s1. The van der Waals surface area contributed by atoms with E-state index < -0.39 is 28.2 Å². The van der Waals surface area contributed by atoms with Gasteiger partial charge in [-0.2, -0.15) is 8.42 Å². The number of ether oxygens (including phenoxy) is 1. The lowest BCUT2D eigenvalue weighted by atomic mass is 9.52.